The molecular formula is C21H20IrN-. The van der Waals surface area contributed by atoms with Crippen molar-refractivity contribution in [3.63, 3.8) is 0 Å². The first-order valence-electron chi connectivity index (χ1n) is 7.75. The van der Waals surface area contributed by atoms with E-state index >= 15 is 0 Å². The third kappa shape index (κ3) is 4.60. The number of aromatic nitrogens is 1. The Morgan fingerprint density at radius 3 is 2.52 bits per heavy atom. The second-order valence-electron chi connectivity index (χ2n) is 6.00. The zero-order valence-corrected chi connectivity index (χ0v) is 15.8. The molecule has 0 unspecified atom stereocenters. The van der Waals surface area contributed by atoms with Gasteiger partial charge in [0.05, 0.1) is 0 Å². The van der Waals surface area contributed by atoms with Gasteiger partial charge < -0.3 is 4.98 Å². The second-order valence-corrected chi connectivity index (χ2v) is 6.00. The maximum absolute atomic E-state index is 4.41. The van der Waals surface area contributed by atoms with Crippen molar-refractivity contribution in [3.05, 3.63) is 78.5 Å². The number of hydrogen-bond acceptors (Lipinski definition) is 1. The average molecular weight is 479 g/mol. The molecule has 23 heavy (non-hydrogen) atoms. The van der Waals surface area contributed by atoms with Crippen LogP contribution in [-0.4, -0.2) is 4.98 Å². The molecule has 0 N–H and O–H groups in total. The number of nitrogens with zero attached hydrogens (tertiary/aromatic N) is 1. The molecule has 0 aliphatic carbocycles. The predicted molar refractivity (Wildman–Crippen MR) is 92.5 cm³/mol. The van der Waals surface area contributed by atoms with Crippen molar-refractivity contribution in [2.75, 3.05) is 0 Å². The van der Waals surface area contributed by atoms with E-state index in [-0.39, 0.29) is 20.1 Å². The molecule has 0 aliphatic rings. The number of benzene rings is 2. The largest absolute Gasteiger partial charge is 0.305 e. The van der Waals surface area contributed by atoms with Crippen LogP contribution >= 0.6 is 0 Å². The van der Waals surface area contributed by atoms with Crippen molar-refractivity contribution in [2.45, 2.75) is 20.3 Å². The molecule has 0 spiro atoms. The van der Waals surface area contributed by atoms with Crippen LogP contribution in [0.15, 0.2) is 66.9 Å². The molecule has 1 aromatic heterocycles. The first-order chi connectivity index (χ1) is 10.7. The van der Waals surface area contributed by atoms with Gasteiger partial charge in [0.15, 0.2) is 0 Å². The van der Waals surface area contributed by atoms with Crippen molar-refractivity contribution in [1.29, 1.82) is 0 Å². The van der Waals surface area contributed by atoms with Gasteiger partial charge in [-0.15, -0.1) is 35.4 Å². The van der Waals surface area contributed by atoms with E-state index in [2.05, 4.69) is 61.3 Å². The molecule has 0 saturated carbocycles. The molecule has 0 fully saturated rings. The summed E-state index contributed by atoms with van der Waals surface area (Å²) in [7, 11) is 0. The summed E-state index contributed by atoms with van der Waals surface area (Å²) < 4.78 is 0. The van der Waals surface area contributed by atoms with Crippen LogP contribution in [0.1, 0.15) is 19.4 Å². The standard InChI is InChI=1S/C21H20N.Ir/c1-16(2)13-17-7-5-8-18(14-17)19-9-6-10-20(15-19)21-11-3-4-12-22-21;/h3-9,11-12,14-16H,13H2,1-2H3;/q-1;. The van der Waals surface area contributed by atoms with Gasteiger partial charge in [-0.05, 0) is 35.2 Å². The third-order valence-electron chi connectivity index (χ3n) is 3.65. The zero-order valence-electron chi connectivity index (χ0n) is 13.4. The quantitative estimate of drug-likeness (QED) is 0.457. The Labute approximate surface area is 152 Å². The van der Waals surface area contributed by atoms with Crippen LogP contribution in [-0.2, 0) is 26.5 Å². The summed E-state index contributed by atoms with van der Waals surface area (Å²) in [6.45, 7) is 4.51. The monoisotopic (exact) mass is 479 g/mol. The molecule has 119 valence electrons. The molecule has 1 radical (unpaired) electrons. The first kappa shape index (κ1) is 17.6. The Bertz CT molecular complexity index is 751. The minimum Gasteiger partial charge on any atom is -0.305 e. The molecular weight excluding hydrogens is 458 g/mol. The summed E-state index contributed by atoms with van der Waals surface area (Å²) in [5, 5.41) is 0. The van der Waals surface area contributed by atoms with Crippen LogP contribution in [0.5, 0.6) is 0 Å². The fraction of sp³-hybridized carbons (Fsp3) is 0.190. The summed E-state index contributed by atoms with van der Waals surface area (Å²) in [6.07, 6.45) is 2.93. The SMILES string of the molecule is CC(C)Cc1cccc(-c2cc[c-]c(-c3ccccn3)c2)c1.[Ir]. The maximum atomic E-state index is 4.41. The zero-order chi connectivity index (χ0) is 15.4. The van der Waals surface area contributed by atoms with Crippen LogP contribution < -0.4 is 0 Å². The molecule has 2 aromatic carbocycles. The van der Waals surface area contributed by atoms with Crippen molar-refractivity contribution in [3.8, 4) is 22.4 Å². The van der Waals surface area contributed by atoms with Crippen molar-refractivity contribution < 1.29 is 20.1 Å². The van der Waals surface area contributed by atoms with E-state index in [1.165, 1.54) is 16.7 Å². The van der Waals surface area contributed by atoms with Crippen molar-refractivity contribution >= 4 is 0 Å². The predicted octanol–water partition coefficient (Wildman–Crippen LogP) is 5.41. The molecule has 1 heterocycles. The summed E-state index contributed by atoms with van der Waals surface area (Å²) in [5.41, 5.74) is 5.85. The second kappa shape index (κ2) is 8.19. The summed E-state index contributed by atoms with van der Waals surface area (Å²) in [6, 6.07) is 24.3. The molecule has 0 saturated heterocycles. The molecule has 0 atom stereocenters. The Hall–Kier alpha value is -1.76. The number of pyridine rings is 1. The van der Waals surface area contributed by atoms with Gasteiger partial charge in [-0.3, -0.25) is 0 Å². The van der Waals surface area contributed by atoms with Gasteiger partial charge in [0, 0.05) is 26.3 Å². The fourth-order valence-corrected chi connectivity index (χ4v) is 2.67. The minimum absolute atomic E-state index is 0. The molecule has 1 nitrogen and oxygen atoms in total. The van der Waals surface area contributed by atoms with Gasteiger partial charge in [0.25, 0.3) is 0 Å². The van der Waals surface area contributed by atoms with Gasteiger partial charge in [-0.1, -0.05) is 50.2 Å². The molecule has 0 amide bonds. The minimum atomic E-state index is 0. The van der Waals surface area contributed by atoms with E-state index in [0.717, 1.165) is 17.7 Å². The third-order valence-corrected chi connectivity index (χ3v) is 3.65. The van der Waals surface area contributed by atoms with Crippen molar-refractivity contribution in [1.82, 2.24) is 4.98 Å². The summed E-state index contributed by atoms with van der Waals surface area (Å²) in [4.78, 5) is 4.41. The van der Waals surface area contributed by atoms with Gasteiger partial charge in [0.2, 0.25) is 0 Å². The van der Waals surface area contributed by atoms with Gasteiger partial charge in [-0.25, -0.2) is 0 Å². The smallest absolute Gasteiger partial charge is 0.0160 e. The van der Waals surface area contributed by atoms with Gasteiger partial charge >= 0.3 is 0 Å². The fourth-order valence-electron chi connectivity index (χ4n) is 2.67. The molecule has 3 rings (SSSR count). The van der Waals surface area contributed by atoms with E-state index in [1.54, 1.807) is 0 Å². The summed E-state index contributed by atoms with van der Waals surface area (Å²) in [5.74, 6) is 0.670. The normalized spacial score (nSPS) is 10.4. The van der Waals surface area contributed by atoms with E-state index in [9.17, 15) is 0 Å². The topological polar surface area (TPSA) is 12.9 Å². The Kier molecular flexibility index (Phi) is 6.27. The Balaban J connectivity index is 0.00000192. The van der Waals surface area contributed by atoms with Crippen LogP contribution in [0.2, 0.25) is 0 Å². The maximum Gasteiger partial charge on any atom is 0.0160 e. The van der Waals surface area contributed by atoms with Crippen LogP contribution in [0.4, 0.5) is 0 Å². The van der Waals surface area contributed by atoms with E-state index < -0.39 is 0 Å². The molecule has 3 aromatic rings. The Morgan fingerprint density at radius 2 is 1.78 bits per heavy atom. The average Bonchev–Trinajstić information content (AvgIpc) is 2.55. The van der Waals surface area contributed by atoms with Gasteiger partial charge in [-0.2, -0.15) is 0 Å². The molecule has 0 aliphatic heterocycles. The van der Waals surface area contributed by atoms with Crippen LogP contribution in [0, 0.1) is 12.0 Å². The van der Waals surface area contributed by atoms with E-state index in [1.807, 2.05) is 30.5 Å². The van der Waals surface area contributed by atoms with Crippen molar-refractivity contribution in [2.24, 2.45) is 5.92 Å². The van der Waals surface area contributed by atoms with Gasteiger partial charge in [0.1, 0.15) is 0 Å². The number of rotatable bonds is 4. The van der Waals surface area contributed by atoms with Crippen LogP contribution in [0.3, 0.4) is 0 Å². The van der Waals surface area contributed by atoms with Crippen LogP contribution in [0.25, 0.3) is 22.4 Å². The first-order valence-corrected chi connectivity index (χ1v) is 7.75. The molecule has 0 bridgehead atoms. The van der Waals surface area contributed by atoms with E-state index in [0.29, 0.717) is 5.92 Å². The van der Waals surface area contributed by atoms with E-state index in [4.69, 9.17) is 0 Å². The summed E-state index contributed by atoms with van der Waals surface area (Å²) >= 11 is 0. The molecule has 2 heteroatoms. The Morgan fingerprint density at radius 1 is 0.957 bits per heavy atom. The number of hydrogen-bond donors (Lipinski definition) is 0.